The number of carbonyl (C=O) groups is 1. The maximum atomic E-state index is 12.6. The van der Waals surface area contributed by atoms with Gasteiger partial charge in [-0.25, -0.2) is 4.98 Å². The average Bonchev–Trinajstić information content (AvgIpc) is 3.24. The lowest BCUT2D eigenvalue weighted by molar-refractivity contribution is -0.129. The summed E-state index contributed by atoms with van der Waals surface area (Å²) in [5.41, 5.74) is 2.10. The van der Waals surface area contributed by atoms with Gasteiger partial charge in [0.2, 0.25) is 11.8 Å². The van der Waals surface area contributed by atoms with Crippen LogP contribution in [0.4, 0.5) is 0 Å². The Hall–Kier alpha value is -2.89. The Labute approximate surface area is 139 Å². The number of para-hydroxylation sites is 1. The molecule has 1 fully saturated rings. The van der Waals surface area contributed by atoms with E-state index in [1.165, 1.54) is 0 Å². The molecule has 24 heavy (non-hydrogen) atoms. The standard InChI is InChI=1S/C18H18N4O2/c23-18(9-13-10-21-16-4-2-1-3-15(13)16)22-8-5-14(12-22)24-17-11-19-6-7-20-17/h1-4,6-7,10-11,14,21H,5,8-9,12H2. The molecule has 1 amide bonds. The fraction of sp³-hybridized carbons (Fsp3) is 0.278. The number of H-pyrrole nitrogens is 1. The molecule has 0 aliphatic carbocycles. The third-order valence-electron chi connectivity index (χ3n) is 4.34. The van der Waals surface area contributed by atoms with Crippen molar-refractivity contribution in [2.45, 2.75) is 18.9 Å². The van der Waals surface area contributed by atoms with Crippen LogP contribution in [0.5, 0.6) is 5.88 Å². The van der Waals surface area contributed by atoms with E-state index in [1.54, 1.807) is 18.6 Å². The van der Waals surface area contributed by atoms with Crippen LogP contribution in [0, 0.1) is 0 Å². The van der Waals surface area contributed by atoms with Crippen molar-refractivity contribution in [1.82, 2.24) is 19.9 Å². The fourth-order valence-corrected chi connectivity index (χ4v) is 3.12. The summed E-state index contributed by atoms with van der Waals surface area (Å²) in [6.07, 6.45) is 7.93. The monoisotopic (exact) mass is 322 g/mol. The van der Waals surface area contributed by atoms with E-state index in [1.807, 2.05) is 35.4 Å². The number of carbonyl (C=O) groups excluding carboxylic acids is 1. The largest absolute Gasteiger partial charge is 0.471 e. The molecule has 4 rings (SSSR count). The molecule has 3 aromatic rings. The molecule has 122 valence electrons. The second-order valence-electron chi connectivity index (χ2n) is 5.95. The molecule has 1 aliphatic heterocycles. The minimum atomic E-state index is -0.0198. The summed E-state index contributed by atoms with van der Waals surface area (Å²) in [6, 6.07) is 8.03. The molecular weight excluding hydrogens is 304 g/mol. The Morgan fingerprint density at radius 1 is 1.33 bits per heavy atom. The summed E-state index contributed by atoms with van der Waals surface area (Å²) in [4.78, 5) is 25.8. The minimum absolute atomic E-state index is 0.0198. The molecule has 6 nitrogen and oxygen atoms in total. The van der Waals surface area contributed by atoms with Crippen LogP contribution in [0.25, 0.3) is 10.9 Å². The van der Waals surface area contributed by atoms with Gasteiger partial charge in [-0.1, -0.05) is 18.2 Å². The smallest absolute Gasteiger partial charge is 0.232 e. The number of aromatic amines is 1. The van der Waals surface area contributed by atoms with Gasteiger partial charge in [-0.2, -0.15) is 0 Å². The Kier molecular flexibility index (Phi) is 3.86. The topological polar surface area (TPSA) is 71.1 Å². The van der Waals surface area contributed by atoms with Crippen LogP contribution in [-0.4, -0.2) is 45.0 Å². The highest BCUT2D eigenvalue weighted by Gasteiger charge is 2.28. The third-order valence-corrected chi connectivity index (χ3v) is 4.34. The van der Waals surface area contributed by atoms with E-state index in [0.717, 1.165) is 22.9 Å². The lowest BCUT2D eigenvalue weighted by atomic mass is 10.1. The first-order valence-corrected chi connectivity index (χ1v) is 8.05. The molecule has 1 saturated heterocycles. The molecule has 6 heteroatoms. The summed E-state index contributed by atoms with van der Waals surface area (Å²) < 4.78 is 5.79. The lowest BCUT2D eigenvalue weighted by Gasteiger charge is -2.16. The number of likely N-dealkylation sites (tertiary alicyclic amines) is 1. The van der Waals surface area contributed by atoms with Crippen LogP contribution < -0.4 is 4.74 Å². The normalized spacial score (nSPS) is 17.3. The molecule has 0 radical (unpaired) electrons. The van der Waals surface area contributed by atoms with Gasteiger partial charge in [0.1, 0.15) is 6.10 Å². The molecule has 1 atom stereocenters. The van der Waals surface area contributed by atoms with Crippen LogP contribution in [-0.2, 0) is 11.2 Å². The van der Waals surface area contributed by atoms with Crippen molar-refractivity contribution in [3.8, 4) is 5.88 Å². The van der Waals surface area contributed by atoms with E-state index < -0.39 is 0 Å². The highest BCUT2D eigenvalue weighted by atomic mass is 16.5. The zero-order chi connectivity index (χ0) is 16.4. The van der Waals surface area contributed by atoms with Crippen molar-refractivity contribution < 1.29 is 9.53 Å². The first-order valence-electron chi connectivity index (χ1n) is 8.05. The van der Waals surface area contributed by atoms with Gasteiger partial charge in [0.15, 0.2) is 0 Å². The summed E-state index contributed by atoms with van der Waals surface area (Å²) in [6.45, 7) is 1.31. The average molecular weight is 322 g/mol. The summed E-state index contributed by atoms with van der Waals surface area (Å²) in [5, 5.41) is 1.11. The molecule has 0 spiro atoms. The zero-order valence-corrected chi connectivity index (χ0v) is 13.2. The van der Waals surface area contributed by atoms with Gasteiger partial charge in [-0.15, -0.1) is 0 Å². The number of hydrogen-bond acceptors (Lipinski definition) is 4. The predicted molar refractivity (Wildman–Crippen MR) is 89.6 cm³/mol. The minimum Gasteiger partial charge on any atom is -0.471 e. The Morgan fingerprint density at radius 3 is 3.12 bits per heavy atom. The first-order chi connectivity index (χ1) is 11.8. The van der Waals surface area contributed by atoms with Gasteiger partial charge < -0.3 is 14.6 Å². The Balaban J connectivity index is 1.39. The quantitative estimate of drug-likeness (QED) is 0.799. The number of amides is 1. The molecule has 3 heterocycles. The summed E-state index contributed by atoms with van der Waals surface area (Å²) >= 11 is 0. The van der Waals surface area contributed by atoms with Gasteiger partial charge in [-0.05, 0) is 11.6 Å². The van der Waals surface area contributed by atoms with Crippen LogP contribution in [0.2, 0.25) is 0 Å². The molecule has 1 aromatic carbocycles. The van der Waals surface area contributed by atoms with E-state index in [9.17, 15) is 4.79 Å². The highest BCUT2D eigenvalue weighted by Crippen LogP contribution is 2.21. The Morgan fingerprint density at radius 2 is 2.25 bits per heavy atom. The molecule has 2 aromatic heterocycles. The number of nitrogens with zero attached hydrogens (tertiary/aromatic N) is 3. The number of aromatic nitrogens is 3. The summed E-state index contributed by atoms with van der Waals surface area (Å²) in [7, 11) is 0. The second-order valence-corrected chi connectivity index (χ2v) is 5.95. The van der Waals surface area contributed by atoms with Crippen LogP contribution >= 0.6 is 0 Å². The fourth-order valence-electron chi connectivity index (χ4n) is 3.12. The zero-order valence-electron chi connectivity index (χ0n) is 13.2. The molecule has 0 bridgehead atoms. The second kappa shape index (κ2) is 6.31. The maximum absolute atomic E-state index is 12.6. The Bertz CT molecular complexity index is 846. The van der Waals surface area contributed by atoms with E-state index in [4.69, 9.17) is 4.74 Å². The molecule has 1 N–H and O–H groups in total. The number of rotatable bonds is 4. The molecule has 1 aliphatic rings. The van der Waals surface area contributed by atoms with Gasteiger partial charge in [-0.3, -0.25) is 9.78 Å². The van der Waals surface area contributed by atoms with E-state index >= 15 is 0 Å². The number of hydrogen-bond donors (Lipinski definition) is 1. The number of ether oxygens (including phenoxy) is 1. The van der Waals surface area contributed by atoms with Crippen LogP contribution in [0.1, 0.15) is 12.0 Å². The molecule has 0 saturated carbocycles. The van der Waals surface area contributed by atoms with Crippen molar-refractivity contribution in [1.29, 1.82) is 0 Å². The van der Waals surface area contributed by atoms with Crippen molar-refractivity contribution in [3.05, 3.63) is 54.6 Å². The third kappa shape index (κ3) is 2.95. The van der Waals surface area contributed by atoms with Gasteiger partial charge in [0, 0.05) is 42.5 Å². The highest BCUT2D eigenvalue weighted by molar-refractivity contribution is 5.89. The van der Waals surface area contributed by atoms with Crippen molar-refractivity contribution in [2.75, 3.05) is 13.1 Å². The van der Waals surface area contributed by atoms with Crippen molar-refractivity contribution >= 4 is 16.8 Å². The van der Waals surface area contributed by atoms with Gasteiger partial charge >= 0.3 is 0 Å². The van der Waals surface area contributed by atoms with E-state index in [-0.39, 0.29) is 12.0 Å². The van der Waals surface area contributed by atoms with Crippen molar-refractivity contribution in [2.24, 2.45) is 0 Å². The van der Waals surface area contributed by atoms with Gasteiger partial charge in [0.05, 0.1) is 19.2 Å². The predicted octanol–water partition coefficient (Wildman–Crippen LogP) is 2.18. The molecule has 1 unspecified atom stereocenters. The van der Waals surface area contributed by atoms with E-state index in [0.29, 0.717) is 25.4 Å². The SMILES string of the molecule is O=C(Cc1c[nH]c2ccccc12)N1CCC(Oc2cnccn2)C1. The van der Waals surface area contributed by atoms with Gasteiger partial charge in [0.25, 0.3) is 0 Å². The first kappa shape index (κ1) is 14.7. The summed E-state index contributed by atoms with van der Waals surface area (Å²) in [5.74, 6) is 0.637. The lowest BCUT2D eigenvalue weighted by Crippen LogP contribution is -2.32. The van der Waals surface area contributed by atoms with E-state index in [2.05, 4.69) is 15.0 Å². The van der Waals surface area contributed by atoms with Crippen LogP contribution in [0.15, 0.2) is 49.1 Å². The number of fused-ring (bicyclic) bond motifs is 1. The van der Waals surface area contributed by atoms with Crippen molar-refractivity contribution in [3.63, 3.8) is 0 Å². The molecular formula is C18H18N4O2. The van der Waals surface area contributed by atoms with Crippen LogP contribution in [0.3, 0.4) is 0 Å². The maximum Gasteiger partial charge on any atom is 0.232 e. The number of benzene rings is 1. The number of nitrogens with one attached hydrogen (secondary N) is 1.